The number of sulfonamides is 1. The van der Waals surface area contributed by atoms with Gasteiger partial charge in [0.25, 0.3) is 0 Å². The van der Waals surface area contributed by atoms with Gasteiger partial charge in [-0.1, -0.05) is 36.7 Å². The second-order valence-electron chi connectivity index (χ2n) is 6.59. The van der Waals surface area contributed by atoms with E-state index in [9.17, 15) is 13.2 Å². The SMILES string of the molecule is CCN1CCc2c(cc(NC(=O)Cc3ccccc3Cl)cc2S(N)(=O)=O)C1. The maximum absolute atomic E-state index is 12.4. The first-order valence-electron chi connectivity index (χ1n) is 8.72. The molecule has 3 N–H and O–H groups in total. The maximum Gasteiger partial charge on any atom is 0.238 e. The second kappa shape index (κ2) is 7.98. The third kappa shape index (κ3) is 4.68. The molecule has 0 saturated heterocycles. The predicted octanol–water partition coefficient (Wildman–Crippen LogP) is 2.55. The molecule has 0 atom stereocenters. The summed E-state index contributed by atoms with van der Waals surface area (Å²) in [4.78, 5) is 14.7. The van der Waals surface area contributed by atoms with E-state index in [0.29, 0.717) is 29.2 Å². The van der Waals surface area contributed by atoms with E-state index in [1.165, 1.54) is 6.07 Å². The molecule has 6 nitrogen and oxygen atoms in total. The van der Waals surface area contributed by atoms with Gasteiger partial charge < -0.3 is 5.32 Å². The van der Waals surface area contributed by atoms with E-state index in [4.69, 9.17) is 16.7 Å². The number of nitrogens with one attached hydrogen (secondary N) is 1. The summed E-state index contributed by atoms with van der Waals surface area (Å²) in [5, 5.41) is 8.71. The molecule has 0 saturated carbocycles. The minimum absolute atomic E-state index is 0.0868. The molecule has 0 radical (unpaired) electrons. The zero-order valence-corrected chi connectivity index (χ0v) is 16.6. The molecule has 2 aromatic rings. The highest BCUT2D eigenvalue weighted by Crippen LogP contribution is 2.29. The molecule has 0 unspecified atom stereocenters. The van der Waals surface area contributed by atoms with Crippen molar-refractivity contribution in [2.24, 2.45) is 5.14 Å². The number of carbonyl (C=O) groups excluding carboxylic acids is 1. The van der Waals surface area contributed by atoms with Crippen LogP contribution in [0.15, 0.2) is 41.3 Å². The monoisotopic (exact) mass is 407 g/mol. The quantitative estimate of drug-likeness (QED) is 0.796. The Hall–Kier alpha value is -1.93. The smallest absolute Gasteiger partial charge is 0.238 e. The number of anilines is 1. The average molecular weight is 408 g/mol. The molecule has 1 aliphatic heterocycles. The summed E-state index contributed by atoms with van der Waals surface area (Å²) in [6.07, 6.45) is 0.714. The van der Waals surface area contributed by atoms with Crippen LogP contribution in [0, 0.1) is 0 Å². The third-order valence-corrected chi connectivity index (χ3v) is 6.07. The van der Waals surface area contributed by atoms with Crippen LogP contribution in [-0.4, -0.2) is 32.3 Å². The van der Waals surface area contributed by atoms with Crippen molar-refractivity contribution >= 4 is 33.2 Å². The summed E-state index contributed by atoms with van der Waals surface area (Å²) in [5.74, 6) is -0.272. The Morgan fingerprint density at radius 1 is 1.30 bits per heavy atom. The van der Waals surface area contributed by atoms with E-state index in [0.717, 1.165) is 24.2 Å². The molecule has 1 heterocycles. The normalized spacial score (nSPS) is 14.6. The number of nitrogens with two attached hydrogens (primary N) is 1. The van der Waals surface area contributed by atoms with Crippen molar-refractivity contribution in [3.63, 3.8) is 0 Å². The van der Waals surface area contributed by atoms with Crippen molar-refractivity contribution in [1.82, 2.24) is 4.90 Å². The van der Waals surface area contributed by atoms with Gasteiger partial charge in [0, 0.05) is 23.8 Å². The van der Waals surface area contributed by atoms with Crippen LogP contribution in [0.4, 0.5) is 5.69 Å². The van der Waals surface area contributed by atoms with Gasteiger partial charge in [0.2, 0.25) is 15.9 Å². The number of hydrogen-bond donors (Lipinski definition) is 2. The molecule has 0 spiro atoms. The topological polar surface area (TPSA) is 92.5 Å². The van der Waals surface area contributed by atoms with Gasteiger partial charge in [-0.15, -0.1) is 0 Å². The highest BCUT2D eigenvalue weighted by atomic mass is 35.5. The fraction of sp³-hybridized carbons (Fsp3) is 0.316. The highest BCUT2D eigenvalue weighted by molar-refractivity contribution is 7.89. The highest BCUT2D eigenvalue weighted by Gasteiger charge is 2.24. The van der Waals surface area contributed by atoms with Crippen LogP contribution < -0.4 is 10.5 Å². The number of nitrogens with zero attached hydrogens (tertiary/aromatic N) is 1. The van der Waals surface area contributed by atoms with E-state index >= 15 is 0 Å². The van der Waals surface area contributed by atoms with Gasteiger partial charge in [-0.05, 0) is 47.9 Å². The summed E-state index contributed by atoms with van der Waals surface area (Å²) in [5.41, 5.74) is 2.75. The molecule has 3 rings (SSSR count). The predicted molar refractivity (Wildman–Crippen MR) is 106 cm³/mol. The number of fused-ring (bicyclic) bond motifs is 1. The van der Waals surface area contributed by atoms with Crippen LogP contribution in [0.5, 0.6) is 0 Å². The van der Waals surface area contributed by atoms with E-state index in [-0.39, 0.29) is 17.2 Å². The summed E-state index contributed by atoms with van der Waals surface area (Å²) < 4.78 is 24.1. The van der Waals surface area contributed by atoms with E-state index in [1.54, 1.807) is 18.2 Å². The van der Waals surface area contributed by atoms with E-state index in [1.807, 2.05) is 12.1 Å². The standard InChI is InChI=1S/C19H22ClN3O3S/c1-2-23-8-7-16-14(12-23)9-15(11-18(16)27(21,25)26)22-19(24)10-13-5-3-4-6-17(13)20/h3-6,9,11H,2,7-8,10,12H2,1H3,(H,22,24)(H2,21,25,26). The van der Waals surface area contributed by atoms with Gasteiger partial charge in [0.05, 0.1) is 11.3 Å². The molecule has 1 amide bonds. The lowest BCUT2D eigenvalue weighted by molar-refractivity contribution is -0.115. The molecule has 144 valence electrons. The van der Waals surface area contributed by atoms with Crippen molar-refractivity contribution in [3.05, 3.63) is 58.1 Å². The lowest BCUT2D eigenvalue weighted by atomic mass is 9.98. The number of rotatable bonds is 5. The first-order chi connectivity index (χ1) is 12.8. The zero-order chi connectivity index (χ0) is 19.6. The number of benzene rings is 2. The zero-order valence-electron chi connectivity index (χ0n) is 15.0. The van der Waals surface area contributed by atoms with Crippen molar-refractivity contribution in [1.29, 1.82) is 0 Å². The summed E-state index contributed by atoms with van der Waals surface area (Å²) in [7, 11) is -3.88. The largest absolute Gasteiger partial charge is 0.326 e. The number of carbonyl (C=O) groups is 1. The Morgan fingerprint density at radius 3 is 2.70 bits per heavy atom. The lowest BCUT2D eigenvalue weighted by Gasteiger charge is -2.29. The molecule has 0 bridgehead atoms. The number of halogens is 1. The van der Waals surface area contributed by atoms with Crippen LogP contribution >= 0.6 is 11.6 Å². The lowest BCUT2D eigenvalue weighted by Crippen LogP contribution is -2.32. The van der Waals surface area contributed by atoms with Gasteiger partial charge in [-0.3, -0.25) is 9.69 Å². The molecule has 0 aromatic heterocycles. The van der Waals surface area contributed by atoms with Crippen LogP contribution in [0.1, 0.15) is 23.6 Å². The van der Waals surface area contributed by atoms with Crippen molar-refractivity contribution in [2.75, 3.05) is 18.4 Å². The van der Waals surface area contributed by atoms with Gasteiger partial charge in [0.15, 0.2) is 0 Å². The molecule has 0 aliphatic carbocycles. The summed E-state index contributed by atoms with van der Waals surface area (Å²) in [6.45, 7) is 4.33. The first kappa shape index (κ1) is 19.8. The number of amides is 1. The average Bonchev–Trinajstić information content (AvgIpc) is 2.61. The minimum Gasteiger partial charge on any atom is -0.326 e. The molecule has 1 aliphatic rings. The molecule has 2 aromatic carbocycles. The molecular weight excluding hydrogens is 386 g/mol. The van der Waals surface area contributed by atoms with E-state index in [2.05, 4.69) is 17.1 Å². The Balaban J connectivity index is 1.89. The Kier molecular flexibility index (Phi) is 5.86. The molecule has 8 heteroatoms. The third-order valence-electron chi connectivity index (χ3n) is 4.72. The van der Waals surface area contributed by atoms with Crippen molar-refractivity contribution in [3.8, 4) is 0 Å². The maximum atomic E-state index is 12.4. The van der Waals surface area contributed by atoms with Gasteiger partial charge >= 0.3 is 0 Å². The Bertz CT molecular complexity index is 976. The fourth-order valence-corrected chi connectivity index (χ4v) is 4.40. The van der Waals surface area contributed by atoms with Crippen LogP contribution in [0.25, 0.3) is 0 Å². The first-order valence-corrected chi connectivity index (χ1v) is 10.6. The molecule has 0 fully saturated rings. The second-order valence-corrected chi connectivity index (χ2v) is 8.53. The van der Waals surface area contributed by atoms with Crippen LogP contribution in [0.3, 0.4) is 0 Å². The van der Waals surface area contributed by atoms with Crippen LogP contribution in [-0.2, 0) is 34.2 Å². The van der Waals surface area contributed by atoms with Gasteiger partial charge in [0.1, 0.15) is 0 Å². The number of primary sulfonamides is 1. The minimum atomic E-state index is -3.88. The van der Waals surface area contributed by atoms with E-state index < -0.39 is 10.0 Å². The van der Waals surface area contributed by atoms with Crippen molar-refractivity contribution in [2.45, 2.75) is 31.2 Å². The summed E-state index contributed by atoms with van der Waals surface area (Å²) in [6, 6.07) is 10.4. The van der Waals surface area contributed by atoms with Crippen LogP contribution in [0.2, 0.25) is 5.02 Å². The Labute approximate surface area is 164 Å². The van der Waals surface area contributed by atoms with Gasteiger partial charge in [-0.2, -0.15) is 0 Å². The number of likely N-dealkylation sites (N-methyl/N-ethyl adjacent to an activating group) is 1. The Morgan fingerprint density at radius 2 is 2.04 bits per heavy atom. The number of hydrogen-bond acceptors (Lipinski definition) is 4. The molecule has 27 heavy (non-hydrogen) atoms. The van der Waals surface area contributed by atoms with Crippen molar-refractivity contribution < 1.29 is 13.2 Å². The fourth-order valence-electron chi connectivity index (χ4n) is 3.33. The molecular formula is C19H22ClN3O3S. The summed E-state index contributed by atoms with van der Waals surface area (Å²) >= 11 is 6.10. The van der Waals surface area contributed by atoms with Gasteiger partial charge in [-0.25, -0.2) is 13.6 Å².